The lowest BCUT2D eigenvalue weighted by Gasteiger charge is -2.15. The first-order valence-corrected chi connectivity index (χ1v) is 6.04. The van der Waals surface area contributed by atoms with E-state index in [-0.39, 0.29) is 6.04 Å². The van der Waals surface area contributed by atoms with Crippen LogP contribution >= 0.6 is 11.8 Å². The molecule has 0 saturated carbocycles. The van der Waals surface area contributed by atoms with E-state index in [0.717, 1.165) is 6.42 Å². The first-order valence-electron chi connectivity index (χ1n) is 5.16. The second-order valence-electron chi connectivity index (χ2n) is 3.72. The summed E-state index contributed by atoms with van der Waals surface area (Å²) in [5.41, 5.74) is 7.34. The van der Waals surface area contributed by atoms with Crippen LogP contribution in [0.15, 0.2) is 29.2 Å². The van der Waals surface area contributed by atoms with Gasteiger partial charge in [-0.15, -0.1) is 11.8 Å². The largest absolute Gasteiger partial charge is 0.324 e. The molecule has 1 aromatic rings. The molecular weight excluding hydrogens is 190 g/mol. The zero-order valence-corrected chi connectivity index (χ0v) is 9.97. The first-order chi connectivity index (χ1) is 6.65. The number of benzene rings is 1. The van der Waals surface area contributed by atoms with E-state index in [4.69, 9.17) is 5.73 Å². The van der Waals surface area contributed by atoms with Crippen molar-refractivity contribution in [3.8, 4) is 0 Å². The van der Waals surface area contributed by atoms with Crippen molar-refractivity contribution in [2.45, 2.75) is 43.4 Å². The van der Waals surface area contributed by atoms with Gasteiger partial charge in [-0.05, 0) is 18.1 Å². The number of hydrogen-bond acceptors (Lipinski definition) is 2. The van der Waals surface area contributed by atoms with Gasteiger partial charge >= 0.3 is 0 Å². The van der Waals surface area contributed by atoms with Crippen molar-refractivity contribution in [3.63, 3.8) is 0 Å². The van der Waals surface area contributed by atoms with Gasteiger partial charge in [-0.3, -0.25) is 0 Å². The second kappa shape index (κ2) is 5.42. The van der Waals surface area contributed by atoms with Crippen molar-refractivity contribution < 1.29 is 0 Å². The monoisotopic (exact) mass is 209 g/mol. The summed E-state index contributed by atoms with van der Waals surface area (Å²) in [7, 11) is 0. The molecule has 78 valence electrons. The van der Waals surface area contributed by atoms with Crippen LogP contribution < -0.4 is 5.73 Å². The zero-order chi connectivity index (χ0) is 10.6. The van der Waals surface area contributed by atoms with Crippen molar-refractivity contribution in [1.29, 1.82) is 0 Å². The summed E-state index contributed by atoms with van der Waals surface area (Å²) >= 11 is 1.89. The molecule has 0 aromatic heterocycles. The van der Waals surface area contributed by atoms with Crippen LogP contribution in [0.4, 0.5) is 0 Å². The Balaban J connectivity index is 2.91. The molecule has 0 radical (unpaired) electrons. The smallest absolute Gasteiger partial charge is 0.0303 e. The Morgan fingerprint density at radius 3 is 2.50 bits per heavy atom. The molecule has 0 fully saturated rings. The number of nitrogens with two attached hydrogens (primary N) is 1. The highest BCUT2D eigenvalue weighted by molar-refractivity contribution is 8.00. The van der Waals surface area contributed by atoms with Gasteiger partial charge in [-0.25, -0.2) is 0 Å². The Morgan fingerprint density at radius 2 is 1.93 bits per heavy atom. The normalized spacial score (nSPS) is 13.2. The third-order valence-corrected chi connectivity index (χ3v) is 3.22. The van der Waals surface area contributed by atoms with Crippen molar-refractivity contribution in [1.82, 2.24) is 0 Å². The van der Waals surface area contributed by atoms with Crippen LogP contribution in [0.2, 0.25) is 0 Å². The van der Waals surface area contributed by atoms with Crippen molar-refractivity contribution >= 4 is 11.8 Å². The summed E-state index contributed by atoms with van der Waals surface area (Å²) in [5, 5.41) is 0.611. The third-order valence-electron chi connectivity index (χ3n) is 2.12. The standard InChI is InChI=1S/C12H19NS/c1-4-11(13)10-7-5-6-8-12(10)14-9(2)3/h5-9,11H,4,13H2,1-3H3. The van der Waals surface area contributed by atoms with Gasteiger partial charge in [0.05, 0.1) is 0 Å². The van der Waals surface area contributed by atoms with Gasteiger partial charge in [0.1, 0.15) is 0 Å². The fourth-order valence-electron chi connectivity index (χ4n) is 1.37. The Labute approximate surface area is 91.1 Å². The van der Waals surface area contributed by atoms with Gasteiger partial charge in [-0.1, -0.05) is 39.0 Å². The number of hydrogen-bond donors (Lipinski definition) is 1. The quantitative estimate of drug-likeness (QED) is 0.767. The summed E-state index contributed by atoms with van der Waals surface area (Å²) in [4.78, 5) is 1.33. The fraction of sp³-hybridized carbons (Fsp3) is 0.500. The molecule has 0 aliphatic heterocycles. The summed E-state index contributed by atoms with van der Waals surface area (Å²) in [6.07, 6.45) is 0.996. The van der Waals surface area contributed by atoms with Crippen molar-refractivity contribution in [2.75, 3.05) is 0 Å². The van der Waals surface area contributed by atoms with Crippen LogP contribution in [0, 0.1) is 0 Å². The number of thioether (sulfide) groups is 1. The Kier molecular flexibility index (Phi) is 4.49. The average Bonchev–Trinajstić information content (AvgIpc) is 2.16. The minimum absolute atomic E-state index is 0.178. The van der Waals surface area contributed by atoms with E-state index in [2.05, 4.69) is 45.0 Å². The van der Waals surface area contributed by atoms with E-state index in [1.165, 1.54) is 10.5 Å². The maximum Gasteiger partial charge on any atom is 0.0303 e. The maximum absolute atomic E-state index is 6.06. The highest BCUT2D eigenvalue weighted by Crippen LogP contribution is 2.30. The Morgan fingerprint density at radius 1 is 1.29 bits per heavy atom. The molecule has 0 bridgehead atoms. The molecule has 1 unspecified atom stereocenters. The van der Waals surface area contributed by atoms with Crippen molar-refractivity contribution in [2.24, 2.45) is 5.73 Å². The lowest BCUT2D eigenvalue weighted by atomic mass is 10.1. The van der Waals surface area contributed by atoms with Gasteiger partial charge in [0.15, 0.2) is 0 Å². The molecule has 0 aliphatic carbocycles. The van der Waals surface area contributed by atoms with Gasteiger partial charge in [0.2, 0.25) is 0 Å². The summed E-state index contributed by atoms with van der Waals surface area (Å²) in [6, 6.07) is 8.62. The van der Waals surface area contributed by atoms with Crippen molar-refractivity contribution in [3.05, 3.63) is 29.8 Å². The molecule has 1 aromatic carbocycles. The van der Waals surface area contributed by atoms with E-state index in [0.29, 0.717) is 5.25 Å². The molecule has 0 heterocycles. The van der Waals surface area contributed by atoms with Gasteiger partial charge < -0.3 is 5.73 Å². The third kappa shape index (κ3) is 3.03. The summed E-state index contributed by atoms with van der Waals surface area (Å²) in [6.45, 7) is 6.54. The Hall–Kier alpha value is -0.470. The first kappa shape index (κ1) is 11.6. The van der Waals surface area contributed by atoms with E-state index >= 15 is 0 Å². The molecule has 1 atom stereocenters. The van der Waals surface area contributed by atoms with Crippen LogP contribution in [0.3, 0.4) is 0 Å². The average molecular weight is 209 g/mol. The second-order valence-corrected chi connectivity index (χ2v) is 5.34. The van der Waals surface area contributed by atoms with Crippen LogP contribution in [-0.4, -0.2) is 5.25 Å². The molecule has 0 aliphatic rings. The maximum atomic E-state index is 6.06. The minimum atomic E-state index is 0.178. The van der Waals surface area contributed by atoms with Crippen LogP contribution in [-0.2, 0) is 0 Å². The Bertz CT molecular complexity index is 283. The molecule has 14 heavy (non-hydrogen) atoms. The zero-order valence-electron chi connectivity index (χ0n) is 9.16. The molecule has 0 saturated heterocycles. The van der Waals surface area contributed by atoms with E-state index < -0.39 is 0 Å². The van der Waals surface area contributed by atoms with Crippen LogP contribution in [0.1, 0.15) is 38.8 Å². The summed E-state index contributed by atoms with van der Waals surface area (Å²) < 4.78 is 0. The van der Waals surface area contributed by atoms with Crippen LogP contribution in [0.5, 0.6) is 0 Å². The van der Waals surface area contributed by atoms with Crippen LogP contribution in [0.25, 0.3) is 0 Å². The molecular formula is C12H19NS. The highest BCUT2D eigenvalue weighted by atomic mass is 32.2. The predicted molar refractivity (Wildman–Crippen MR) is 64.7 cm³/mol. The lowest BCUT2D eigenvalue weighted by Crippen LogP contribution is -2.10. The number of rotatable bonds is 4. The molecule has 2 heteroatoms. The molecule has 1 rings (SSSR count). The highest BCUT2D eigenvalue weighted by Gasteiger charge is 2.09. The lowest BCUT2D eigenvalue weighted by molar-refractivity contribution is 0.685. The molecule has 0 spiro atoms. The van der Waals surface area contributed by atoms with Gasteiger partial charge in [0, 0.05) is 16.2 Å². The van der Waals surface area contributed by atoms with E-state index in [1.54, 1.807) is 0 Å². The van der Waals surface area contributed by atoms with Gasteiger partial charge in [-0.2, -0.15) is 0 Å². The molecule has 2 N–H and O–H groups in total. The fourth-order valence-corrected chi connectivity index (χ4v) is 2.39. The van der Waals surface area contributed by atoms with E-state index in [1.807, 2.05) is 11.8 Å². The molecule has 0 amide bonds. The molecule has 1 nitrogen and oxygen atoms in total. The summed E-state index contributed by atoms with van der Waals surface area (Å²) in [5.74, 6) is 0. The minimum Gasteiger partial charge on any atom is -0.324 e. The van der Waals surface area contributed by atoms with E-state index in [9.17, 15) is 0 Å². The van der Waals surface area contributed by atoms with Gasteiger partial charge in [0.25, 0.3) is 0 Å². The SMILES string of the molecule is CCC(N)c1ccccc1SC(C)C. The predicted octanol–water partition coefficient (Wildman–Crippen LogP) is 3.60. The topological polar surface area (TPSA) is 26.0 Å².